The van der Waals surface area contributed by atoms with Gasteiger partial charge in [0.05, 0.1) is 4.90 Å². The molecular weight excluding hydrogens is 265 g/mol. The first-order valence-corrected chi connectivity index (χ1v) is 8.16. The topological polar surface area (TPSA) is 46.2 Å². The minimum Gasteiger partial charge on any atom is -0.208 e. The van der Waals surface area contributed by atoms with E-state index >= 15 is 0 Å². The molecule has 0 saturated heterocycles. The van der Waals surface area contributed by atoms with Gasteiger partial charge in [-0.3, -0.25) is 0 Å². The monoisotopic (exact) mass is 285 g/mol. The largest absolute Gasteiger partial charge is 0.240 e. The standard InChI is InChI=1S/C14H20FNO2S/c1-10-4-3-5-14(11(10)2)16-19(17,18)13-8-6-12(15)7-9-13/h6-11,14,16H,3-5H2,1-2H3/t10-,11+,14+/m0/s1. The highest BCUT2D eigenvalue weighted by Gasteiger charge is 2.30. The van der Waals surface area contributed by atoms with Gasteiger partial charge in [-0.15, -0.1) is 0 Å². The summed E-state index contributed by atoms with van der Waals surface area (Å²) in [6.45, 7) is 4.24. The Hall–Kier alpha value is -0.940. The van der Waals surface area contributed by atoms with E-state index in [2.05, 4.69) is 18.6 Å². The molecule has 1 N–H and O–H groups in total. The van der Waals surface area contributed by atoms with Crippen LogP contribution in [0.25, 0.3) is 0 Å². The highest BCUT2D eigenvalue weighted by Crippen LogP contribution is 2.30. The summed E-state index contributed by atoms with van der Waals surface area (Å²) in [6.07, 6.45) is 3.06. The first-order chi connectivity index (χ1) is 8.90. The van der Waals surface area contributed by atoms with Gasteiger partial charge in [0.1, 0.15) is 5.82 Å². The van der Waals surface area contributed by atoms with Crippen LogP contribution < -0.4 is 4.72 Å². The first kappa shape index (κ1) is 14.5. The van der Waals surface area contributed by atoms with Crippen molar-refractivity contribution < 1.29 is 12.8 Å². The average molecular weight is 285 g/mol. The van der Waals surface area contributed by atoms with Crippen LogP contribution in [0.3, 0.4) is 0 Å². The number of nitrogens with one attached hydrogen (secondary N) is 1. The predicted octanol–water partition coefficient (Wildman–Crippen LogP) is 2.93. The molecule has 1 aliphatic carbocycles. The third-order valence-corrected chi connectivity index (χ3v) is 5.64. The Bertz CT molecular complexity index is 527. The summed E-state index contributed by atoms with van der Waals surface area (Å²) < 4.78 is 40.1. The molecule has 5 heteroatoms. The van der Waals surface area contributed by atoms with Crippen LogP contribution >= 0.6 is 0 Å². The van der Waals surface area contributed by atoms with Crippen LogP contribution in [-0.2, 0) is 10.0 Å². The van der Waals surface area contributed by atoms with E-state index in [0.29, 0.717) is 11.8 Å². The van der Waals surface area contributed by atoms with Gasteiger partial charge in [0.15, 0.2) is 0 Å². The van der Waals surface area contributed by atoms with Gasteiger partial charge >= 0.3 is 0 Å². The summed E-state index contributed by atoms with van der Waals surface area (Å²) >= 11 is 0. The van der Waals surface area contributed by atoms with Crippen LogP contribution in [0.2, 0.25) is 0 Å². The normalized spacial score (nSPS) is 28.3. The van der Waals surface area contributed by atoms with Crippen LogP contribution in [0.15, 0.2) is 29.2 Å². The molecule has 106 valence electrons. The fourth-order valence-electron chi connectivity index (χ4n) is 2.63. The number of hydrogen-bond donors (Lipinski definition) is 1. The molecule has 1 aromatic rings. The van der Waals surface area contributed by atoms with E-state index in [4.69, 9.17) is 0 Å². The minimum absolute atomic E-state index is 0.0289. The zero-order valence-electron chi connectivity index (χ0n) is 11.3. The molecule has 3 nitrogen and oxygen atoms in total. The second-order valence-corrected chi connectivity index (χ2v) is 7.16. The molecule has 0 heterocycles. The molecule has 0 radical (unpaired) electrons. The lowest BCUT2D eigenvalue weighted by molar-refractivity contribution is 0.227. The molecule has 0 aliphatic heterocycles. The van der Waals surface area contributed by atoms with Crippen molar-refractivity contribution in [3.05, 3.63) is 30.1 Å². The number of hydrogen-bond acceptors (Lipinski definition) is 2. The van der Waals surface area contributed by atoms with Crippen LogP contribution in [0.4, 0.5) is 4.39 Å². The molecule has 1 fully saturated rings. The highest BCUT2D eigenvalue weighted by molar-refractivity contribution is 7.89. The smallest absolute Gasteiger partial charge is 0.208 e. The Labute approximate surface area is 114 Å². The maximum absolute atomic E-state index is 12.8. The molecular formula is C14H20FNO2S. The first-order valence-electron chi connectivity index (χ1n) is 6.68. The highest BCUT2D eigenvalue weighted by atomic mass is 32.2. The van der Waals surface area contributed by atoms with Gasteiger partial charge in [-0.05, 0) is 42.5 Å². The van der Waals surface area contributed by atoms with Crippen molar-refractivity contribution in [2.45, 2.75) is 44.0 Å². The van der Waals surface area contributed by atoms with E-state index in [1.807, 2.05) is 0 Å². The number of rotatable bonds is 3. The lowest BCUT2D eigenvalue weighted by Crippen LogP contribution is -2.43. The Balaban J connectivity index is 2.15. The molecule has 19 heavy (non-hydrogen) atoms. The zero-order valence-corrected chi connectivity index (χ0v) is 12.1. The second kappa shape index (κ2) is 5.59. The minimum atomic E-state index is -3.55. The van der Waals surface area contributed by atoms with Gasteiger partial charge in [-0.2, -0.15) is 0 Å². The molecule has 1 aliphatic rings. The van der Waals surface area contributed by atoms with Crippen molar-refractivity contribution in [3.63, 3.8) is 0 Å². The van der Waals surface area contributed by atoms with Crippen LogP contribution in [0.5, 0.6) is 0 Å². The zero-order chi connectivity index (χ0) is 14.0. The average Bonchev–Trinajstić information content (AvgIpc) is 2.35. The summed E-state index contributed by atoms with van der Waals surface area (Å²) in [5, 5.41) is 0. The van der Waals surface area contributed by atoms with Gasteiger partial charge in [-0.25, -0.2) is 17.5 Å². The van der Waals surface area contributed by atoms with Crippen molar-refractivity contribution in [1.82, 2.24) is 4.72 Å². The quantitative estimate of drug-likeness (QED) is 0.928. The predicted molar refractivity (Wildman–Crippen MR) is 72.7 cm³/mol. The molecule has 0 aromatic heterocycles. The van der Waals surface area contributed by atoms with Gasteiger partial charge in [0.2, 0.25) is 10.0 Å². The van der Waals surface area contributed by atoms with Crippen molar-refractivity contribution in [3.8, 4) is 0 Å². The molecule has 3 atom stereocenters. The molecule has 1 saturated carbocycles. The fraction of sp³-hybridized carbons (Fsp3) is 0.571. The molecule has 0 spiro atoms. The van der Waals surface area contributed by atoms with Crippen molar-refractivity contribution in [2.75, 3.05) is 0 Å². The summed E-state index contributed by atoms with van der Waals surface area (Å²) in [5.41, 5.74) is 0. The van der Waals surface area contributed by atoms with E-state index in [9.17, 15) is 12.8 Å². The second-order valence-electron chi connectivity index (χ2n) is 5.45. The van der Waals surface area contributed by atoms with Gasteiger partial charge in [0, 0.05) is 6.04 Å². The van der Waals surface area contributed by atoms with Crippen LogP contribution in [0, 0.1) is 17.7 Å². The summed E-state index contributed by atoms with van der Waals surface area (Å²) in [5.74, 6) is 0.414. The summed E-state index contributed by atoms with van der Waals surface area (Å²) in [4.78, 5) is 0.124. The van der Waals surface area contributed by atoms with Crippen molar-refractivity contribution in [2.24, 2.45) is 11.8 Å². The SMILES string of the molecule is C[C@@H]1[C@@H](C)CCC[C@H]1NS(=O)(=O)c1ccc(F)cc1. The van der Waals surface area contributed by atoms with Crippen LogP contribution in [0.1, 0.15) is 33.1 Å². The van der Waals surface area contributed by atoms with Gasteiger partial charge < -0.3 is 0 Å². The van der Waals surface area contributed by atoms with Gasteiger partial charge in [0.25, 0.3) is 0 Å². The summed E-state index contributed by atoms with van der Waals surface area (Å²) in [7, 11) is -3.55. The Kier molecular flexibility index (Phi) is 4.26. The van der Waals surface area contributed by atoms with Gasteiger partial charge in [-0.1, -0.05) is 26.7 Å². The number of benzene rings is 1. The molecule has 0 amide bonds. The van der Waals surface area contributed by atoms with E-state index in [1.165, 1.54) is 24.3 Å². The van der Waals surface area contributed by atoms with E-state index in [-0.39, 0.29) is 10.9 Å². The molecule has 0 bridgehead atoms. The third-order valence-electron chi connectivity index (χ3n) is 4.14. The molecule has 0 unspecified atom stereocenters. The molecule has 1 aromatic carbocycles. The van der Waals surface area contributed by atoms with E-state index < -0.39 is 15.8 Å². The third kappa shape index (κ3) is 3.34. The Morgan fingerprint density at radius 3 is 2.42 bits per heavy atom. The Morgan fingerprint density at radius 1 is 1.16 bits per heavy atom. The van der Waals surface area contributed by atoms with Crippen LogP contribution in [-0.4, -0.2) is 14.5 Å². The Morgan fingerprint density at radius 2 is 1.79 bits per heavy atom. The van der Waals surface area contributed by atoms with E-state index in [1.54, 1.807) is 0 Å². The fourth-order valence-corrected chi connectivity index (χ4v) is 3.99. The van der Waals surface area contributed by atoms with Crippen molar-refractivity contribution >= 4 is 10.0 Å². The molecule has 2 rings (SSSR count). The number of halogens is 1. The lowest BCUT2D eigenvalue weighted by Gasteiger charge is -2.34. The maximum Gasteiger partial charge on any atom is 0.240 e. The number of sulfonamides is 1. The summed E-state index contributed by atoms with van der Waals surface area (Å²) in [6, 6.07) is 4.91. The lowest BCUT2D eigenvalue weighted by atomic mass is 9.78. The van der Waals surface area contributed by atoms with E-state index in [0.717, 1.165) is 19.3 Å². The maximum atomic E-state index is 12.8. The van der Waals surface area contributed by atoms with Crippen molar-refractivity contribution in [1.29, 1.82) is 0 Å².